The lowest BCUT2D eigenvalue weighted by Gasteiger charge is -2.16. The van der Waals surface area contributed by atoms with Gasteiger partial charge in [-0.3, -0.25) is 0 Å². The third kappa shape index (κ3) is 3.88. The summed E-state index contributed by atoms with van der Waals surface area (Å²) in [4.78, 5) is 1.97. The van der Waals surface area contributed by atoms with E-state index in [0.29, 0.717) is 0 Å². The van der Waals surface area contributed by atoms with E-state index in [2.05, 4.69) is 18.8 Å². The Kier molecular flexibility index (Phi) is 3.93. The summed E-state index contributed by atoms with van der Waals surface area (Å²) < 4.78 is 0. The molecule has 0 atom stereocenters. The number of nitrogens with one attached hydrogen (secondary N) is 1. The van der Waals surface area contributed by atoms with Crippen LogP contribution in [-0.4, -0.2) is 25.5 Å². The van der Waals surface area contributed by atoms with Gasteiger partial charge in [-0.2, -0.15) is 0 Å². The summed E-state index contributed by atoms with van der Waals surface area (Å²) in [5.74, 6) is 0.983. The lowest BCUT2D eigenvalue weighted by atomic mass is 10.5. The molecule has 0 aliphatic heterocycles. The van der Waals surface area contributed by atoms with E-state index in [0.717, 1.165) is 18.8 Å². The molecular weight excluding hydrogens is 112 g/mol. The van der Waals surface area contributed by atoms with Crippen molar-refractivity contribution in [2.75, 3.05) is 20.6 Å². The highest BCUT2D eigenvalue weighted by atomic mass is 15.2. The highest BCUT2D eigenvalue weighted by molar-refractivity contribution is 4.86. The fourth-order valence-corrected chi connectivity index (χ4v) is 0.427. The zero-order valence-corrected chi connectivity index (χ0v) is 6.57. The first kappa shape index (κ1) is 8.34. The van der Waals surface area contributed by atoms with Crippen molar-refractivity contribution in [1.82, 2.24) is 10.2 Å². The summed E-state index contributed by atoms with van der Waals surface area (Å²) >= 11 is 0. The first-order chi connectivity index (χ1) is 4.18. The molecule has 0 spiro atoms. The first-order valence-corrected chi connectivity index (χ1v) is 3.28. The maximum Gasteiger partial charge on any atom is 0.0933 e. The number of hydrogen-bond donors (Lipinski definition) is 1. The SMILES string of the molecule is C=C(NCCC)N(C)C.[HH]. The Morgan fingerprint density at radius 1 is 1.67 bits per heavy atom. The van der Waals surface area contributed by atoms with Gasteiger partial charge in [-0.05, 0) is 6.42 Å². The fourth-order valence-electron chi connectivity index (χ4n) is 0.427. The summed E-state index contributed by atoms with van der Waals surface area (Å²) in [6, 6.07) is 0. The molecule has 2 nitrogen and oxygen atoms in total. The Hall–Kier alpha value is -0.660. The van der Waals surface area contributed by atoms with Gasteiger partial charge in [0, 0.05) is 22.1 Å². The van der Waals surface area contributed by atoms with Crippen molar-refractivity contribution >= 4 is 0 Å². The maximum absolute atomic E-state index is 3.81. The quantitative estimate of drug-likeness (QED) is 0.616. The van der Waals surface area contributed by atoms with Gasteiger partial charge in [-0.15, -0.1) is 0 Å². The highest BCUT2D eigenvalue weighted by Crippen LogP contribution is 1.86. The van der Waals surface area contributed by atoms with Gasteiger partial charge in [-0.1, -0.05) is 13.5 Å². The van der Waals surface area contributed by atoms with E-state index >= 15 is 0 Å². The van der Waals surface area contributed by atoms with Gasteiger partial charge in [0.2, 0.25) is 0 Å². The summed E-state index contributed by atoms with van der Waals surface area (Å²) in [6.07, 6.45) is 1.15. The van der Waals surface area contributed by atoms with E-state index in [1.54, 1.807) is 0 Å². The first-order valence-electron chi connectivity index (χ1n) is 3.28. The van der Waals surface area contributed by atoms with Crippen molar-refractivity contribution in [3.8, 4) is 0 Å². The molecule has 2 heteroatoms. The topological polar surface area (TPSA) is 15.3 Å². The minimum atomic E-state index is 0. The van der Waals surface area contributed by atoms with Crippen LogP contribution in [0.15, 0.2) is 12.4 Å². The van der Waals surface area contributed by atoms with Crippen molar-refractivity contribution in [2.24, 2.45) is 0 Å². The van der Waals surface area contributed by atoms with Crippen LogP contribution in [0.25, 0.3) is 0 Å². The highest BCUT2D eigenvalue weighted by Gasteiger charge is 1.90. The van der Waals surface area contributed by atoms with Crippen LogP contribution in [0.2, 0.25) is 0 Å². The minimum Gasteiger partial charge on any atom is -0.372 e. The predicted octanol–water partition coefficient (Wildman–Crippen LogP) is 1.26. The van der Waals surface area contributed by atoms with E-state index in [-0.39, 0.29) is 1.43 Å². The van der Waals surface area contributed by atoms with E-state index in [1.807, 2.05) is 19.0 Å². The van der Waals surface area contributed by atoms with Crippen LogP contribution in [0.1, 0.15) is 14.8 Å². The predicted molar refractivity (Wildman–Crippen MR) is 43.2 cm³/mol. The van der Waals surface area contributed by atoms with Gasteiger partial charge in [0.25, 0.3) is 0 Å². The van der Waals surface area contributed by atoms with Gasteiger partial charge < -0.3 is 10.2 Å². The molecule has 0 aromatic rings. The molecule has 0 radical (unpaired) electrons. The van der Waals surface area contributed by atoms with Gasteiger partial charge in [0.05, 0.1) is 5.82 Å². The van der Waals surface area contributed by atoms with Crippen molar-refractivity contribution in [2.45, 2.75) is 13.3 Å². The van der Waals surface area contributed by atoms with Crippen LogP contribution >= 0.6 is 0 Å². The Morgan fingerprint density at radius 2 is 2.22 bits per heavy atom. The Balaban J connectivity index is 0. The molecule has 0 aromatic carbocycles. The van der Waals surface area contributed by atoms with Crippen molar-refractivity contribution < 1.29 is 1.43 Å². The lowest BCUT2D eigenvalue weighted by Crippen LogP contribution is -2.24. The molecule has 0 heterocycles. The third-order valence-electron chi connectivity index (χ3n) is 1.12. The number of rotatable bonds is 4. The van der Waals surface area contributed by atoms with Gasteiger partial charge in [0.1, 0.15) is 0 Å². The molecule has 0 aliphatic rings. The van der Waals surface area contributed by atoms with Crippen molar-refractivity contribution in [3.05, 3.63) is 12.4 Å². The van der Waals surface area contributed by atoms with E-state index < -0.39 is 0 Å². The molecule has 0 rings (SSSR count). The molecule has 0 saturated heterocycles. The van der Waals surface area contributed by atoms with Crippen LogP contribution in [0.4, 0.5) is 0 Å². The Bertz CT molecular complexity index is 91.6. The molecule has 0 aromatic heterocycles. The smallest absolute Gasteiger partial charge is 0.0933 e. The molecule has 0 amide bonds. The van der Waals surface area contributed by atoms with Crippen molar-refractivity contribution in [3.63, 3.8) is 0 Å². The van der Waals surface area contributed by atoms with E-state index in [4.69, 9.17) is 0 Å². The van der Waals surface area contributed by atoms with Gasteiger partial charge in [0.15, 0.2) is 0 Å². The summed E-state index contributed by atoms with van der Waals surface area (Å²) in [6.45, 7) is 6.95. The van der Waals surface area contributed by atoms with Crippen LogP contribution in [0, 0.1) is 0 Å². The molecule has 0 bridgehead atoms. The molecule has 0 fully saturated rings. The number of nitrogens with zero attached hydrogens (tertiary/aromatic N) is 1. The summed E-state index contributed by atoms with van der Waals surface area (Å²) in [5, 5.41) is 3.16. The van der Waals surface area contributed by atoms with Gasteiger partial charge in [-0.25, -0.2) is 0 Å². The second-order valence-corrected chi connectivity index (χ2v) is 2.27. The van der Waals surface area contributed by atoms with E-state index in [9.17, 15) is 0 Å². The molecular formula is C7H18N2. The third-order valence-corrected chi connectivity index (χ3v) is 1.12. The molecule has 9 heavy (non-hydrogen) atoms. The normalized spacial score (nSPS) is 8.78. The monoisotopic (exact) mass is 130 g/mol. The van der Waals surface area contributed by atoms with Crippen molar-refractivity contribution in [1.29, 1.82) is 0 Å². The van der Waals surface area contributed by atoms with Crippen LogP contribution in [-0.2, 0) is 0 Å². The minimum absolute atomic E-state index is 0. The van der Waals surface area contributed by atoms with Crippen LogP contribution in [0.5, 0.6) is 0 Å². The number of hydrogen-bond acceptors (Lipinski definition) is 2. The average molecular weight is 130 g/mol. The second-order valence-electron chi connectivity index (χ2n) is 2.27. The molecule has 56 valence electrons. The molecule has 0 aliphatic carbocycles. The largest absolute Gasteiger partial charge is 0.372 e. The van der Waals surface area contributed by atoms with Crippen LogP contribution in [0.3, 0.4) is 0 Å². The maximum atomic E-state index is 3.81. The van der Waals surface area contributed by atoms with Gasteiger partial charge >= 0.3 is 0 Å². The Labute approximate surface area is 59.0 Å². The summed E-state index contributed by atoms with van der Waals surface area (Å²) in [7, 11) is 3.95. The van der Waals surface area contributed by atoms with E-state index in [1.165, 1.54) is 0 Å². The lowest BCUT2D eigenvalue weighted by molar-refractivity contribution is 0.462. The zero-order chi connectivity index (χ0) is 7.28. The summed E-state index contributed by atoms with van der Waals surface area (Å²) in [5.41, 5.74) is 0. The molecule has 0 saturated carbocycles. The zero-order valence-electron chi connectivity index (χ0n) is 6.57. The molecule has 1 N–H and O–H groups in total. The average Bonchev–Trinajstić information content (AvgIpc) is 1.82. The molecule has 0 unspecified atom stereocenters. The second kappa shape index (κ2) is 4.24. The fraction of sp³-hybridized carbons (Fsp3) is 0.714. The standard InChI is InChI=1S/C7H16N2.H2/c1-5-6-8-7(2)9(3)4;/h8H,2,5-6H2,1,3-4H3;1H. The Morgan fingerprint density at radius 3 is 2.56 bits per heavy atom. The van der Waals surface area contributed by atoms with Crippen LogP contribution < -0.4 is 5.32 Å².